The van der Waals surface area contributed by atoms with Crippen LogP contribution in [0, 0.1) is 11.6 Å². The van der Waals surface area contributed by atoms with E-state index in [2.05, 4.69) is 21.8 Å². The lowest BCUT2D eigenvalue weighted by molar-refractivity contribution is 0.0786. The van der Waals surface area contributed by atoms with Gasteiger partial charge >= 0.3 is 0 Å². The fourth-order valence-corrected chi connectivity index (χ4v) is 4.43. The molecule has 2 heterocycles. The van der Waals surface area contributed by atoms with Gasteiger partial charge in [-0.2, -0.15) is 0 Å². The van der Waals surface area contributed by atoms with Crippen LogP contribution in [-0.4, -0.2) is 40.2 Å². The first-order chi connectivity index (χ1) is 15.9. The normalized spacial score (nSPS) is 22.8. The van der Waals surface area contributed by atoms with Crippen molar-refractivity contribution in [3.8, 4) is 11.3 Å². The minimum Gasteiger partial charge on any atom is -0.391 e. The molecule has 1 aromatic heterocycles. The molecule has 0 spiro atoms. The third-order valence-electron chi connectivity index (χ3n) is 6.20. The van der Waals surface area contributed by atoms with Gasteiger partial charge in [-0.3, -0.25) is 0 Å². The van der Waals surface area contributed by atoms with E-state index in [-0.39, 0.29) is 17.3 Å². The average Bonchev–Trinajstić information content (AvgIpc) is 3.57. The van der Waals surface area contributed by atoms with Gasteiger partial charge in [-0.05, 0) is 62.6 Å². The van der Waals surface area contributed by atoms with Gasteiger partial charge in [0.25, 0.3) is 0 Å². The van der Waals surface area contributed by atoms with Crippen molar-refractivity contribution >= 4 is 0 Å². The highest BCUT2D eigenvalue weighted by Crippen LogP contribution is 2.46. The number of halogens is 2. The van der Waals surface area contributed by atoms with E-state index in [4.69, 9.17) is 5.73 Å². The Morgan fingerprint density at radius 3 is 2.61 bits per heavy atom. The Morgan fingerprint density at radius 1 is 1.21 bits per heavy atom. The SMILES string of the molecule is C=C/C(NC1(c2ccc(F)c(-c3ccccc3F)n2)CC1)=C(\C=C/C)N1C[C@@H](N)C[C@@H](O)C1. The number of hydrogen-bond donors (Lipinski definition) is 3. The van der Waals surface area contributed by atoms with Crippen molar-refractivity contribution in [3.63, 3.8) is 0 Å². The summed E-state index contributed by atoms with van der Waals surface area (Å²) in [4.78, 5) is 6.60. The lowest BCUT2D eigenvalue weighted by atomic mass is 10.0. The van der Waals surface area contributed by atoms with E-state index in [1.54, 1.807) is 24.3 Å². The summed E-state index contributed by atoms with van der Waals surface area (Å²) in [6.45, 7) is 7.01. The number of benzene rings is 1. The zero-order valence-corrected chi connectivity index (χ0v) is 18.8. The van der Waals surface area contributed by atoms with E-state index in [0.717, 1.165) is 24.2 Å². The van der Waals surface area contributed by atoms with Crippen molar-refractivity contribution < 1.29 is 13.9 Å². The number of likely N-dealkylation sites (tertiary alicyclic amines) is 1. The summed E-state index contributed by atoms with van der Waals surface area (Å²) in [7, 11) is 0. The molecule has 0 radical (unpaired) electrons. The van der Waals surface area contributed by atoms with Gasteiger partial charge in [-0.1, -0.05) is 24.8 Å². The highest BCUT2D eigenvalue weighted by atomic mass is 19.1. The van der Waals surface area contributed by atoms with Crippen LogP contribution in [0.1, 0.15) is 31.9 Å². The first-order valence-corrected chi connectivity index (χ1v) is 11.2. The average molecular weight is 453 g/mol. The van der Waals surface area contributed by atoms with Crippen molar-refractivity contribution in [2.24, 2.45) is 5.73 Å². The maximum Gasteiger partial charge on any atom is 0.149 e. The monoisotopic (exact) mass is 452 g/mol. The number of piperidine rings is 1. The number of aliphatic hydroxyl groups is 1. The fraction of sp³-hybridized carbons (Fsp3) is 0.346. The molecule has 4 rings (SSSR count). The van der Waals surface area contributed by atoms with Gasteiger partial charge in [0.05, 0.1) is 28.7 Å². The number of β-amino-alcohol motifs (C(OH)–C–C–N with tert-alkyl or cyclic N) is 1. The standard InChI is InChI=1S/C26H30F2N4O/c1-3-7-23(32-15-17(29)14-18(33)16-32)22(4-2)31-26(12-13-26)24-11-10-21(28)25(30-24)19-8-5-6-9-20(19)27/h3-11,17-18,31,33H,2,12-16,29H2,1H3/b7-3-,23-22-/t17-,18+/m0/s1. The number of nitrogens with one attached hydrogen (secondary N) is 1. The second-order valence-electron chi connectivity index (χ2n) is 8.77. The first-order valence-electron chi connectivity index (χ1n) is 11.2. The van der Waals surface area contributed by atoms with Crippen LogP contribution < -0.4 is 11.1 Å². The van der Waals surface area contributed by atoms with Crippen LogP contribution in [0.25, 0.3) is 11.3 Å². The van der Waals surface area contributed by atoms with Gasteiger partial charge < -0.3 is 21.1 Å². The van der Waals surface area contributed by atoms with Gasteiger partial charge in [0.2, 0.25) is 0 Å². The zero-order valence-electron chi connectivity index (χ0n) is 18.8. The minimum absolute atomic E-state index is 0.00149. The molecular formula is C26H30F2N4O. The summed E-state index contributed by atoms with van der Waals surface area (Å²) in [5.74, 6) is -1.08. The first kappa shape index (κ1) is 23.1. The third kappa shape index (κ3) is 4.84. The molecule has 2 atom stereocenters. The number of pyridine rings is 1. The third-order valence-corrected chi connectivity index (χ3v) is 6.20. The lowest BCUT2D eigenvalue weighted by Crippen LogP contribution is -2.49. The molecule has 1 saturated heterocycles. The van der Waals surface area contributed by atoms with Gasteiger partial charge in [-0.25, -0.2) is 13.8 Å². The number of nitrogens with zero attached hydrogens (tertiary/aromatic N) is 2. The second kappa shape index (κ2) is 9.45. The Hall–Kier alpha value is -3.03. The number of aromatic nitrogens is 1. The Kier molecular flexibility index (Phi) is 6.63. The molecule has 0 amide bonds. The molecule has 0 unspecified atom stereocenters. The summed E-state index contributed by atoms with van der Waals surface area (Å²) >= 11 is 0. The van der Waals surface area contributed by atoms with Gasteiger partial charge in [-0.15, -0.1) is 0 Å². The Balaban J connectivity index is 1.69. The summed E-state index contributed by atoms with van der Waals surface area (Å²) < 4.78 is 28.9. The Bertz CT molecular complexity index is 1080. The van der Waals surface area contributed by atoms with Gasteiger partial charge in [0.1, 0.15) is 17.3 Å². The van der Waals surface area contributed by atoms with E-state index in [9.17, 15) is 13.9 Å². The van der Waals surface area contributed by atoms with Crippen LogP contribution >= 0.6 is 0 Å². The summed E-state index contributed by atoms with van der Waals surface area (Å²) in [5.41, 5.74) is 8.10. The molecule has 2 aromatic rings. The largest absolute Gasteiger partial charge is 0.391 e. The molecule has 7 heteroatoms. The van der Waals surface area contributed by atoms with E-state index < -0.39 is 23.3 Å². The fourth-order valence-electron chi connectivity index (χ4n) is 4.43. The highest BCUT2D eigenvalue weighted by Gasteiger charge is 2.46. The van der Waals surface area contributed by atoms with Crippen molar-refractivity contribution in [2.45, 2.75) is 43.9 Å². The molecule has 1 aliphatic heterocycles. The number of aliphatic hydroxyl groups excluding tert-OH is 1. The quantitative estimate of drug-likeness (QED) is 0.555. The maximum absolute atomic E-state index is 14.6. The van der Waals surface area contributed by atoms with Crippen molar-refractivity contribution in [3.05, 3.63) is 89.9 Å². The summed E-state index contributed by atoms with van der Waals surface area (Å²) in [6, 6.07) is 8.92. The molecule has 2 fully saturated rings. The predicted molar refractivity (Wildman–Crippen MR) is 126 cm³/mol. The molecule has 0 bridgehead atoms. The topological polar surface area (TPSA) is 74.4 Å². The second-order valence-corrected chi connectivity index (χ2v) is 8.77. The van der Waals surface area contributed by atoms with E-state index in [1.807, 2.05) is 19.1 Å². The summed E-state index contributed by atoms with van der Waals surface area (Å²) in [5, 5.41) is 13.8. The van der Waals surface area contributed by atoms with Crippen LogP contribution in [0.5, 0.6) is 0 Å². The minimum atomic E-state index is -0.565. The van der Waals surface area contributed by atoms with Crippen LogP contribution in [0.4, 0.5) is 8.78 Å². The van der Waals surface area contributed by atoms with E-state index in [0.29, 0.717) is 25.2 Å². The van der Waals surface area contributed by atoms with E-state index >= 15 is 0 Å². The van der Waals surface area contributed by atoms with Crippen LogP contribution in [-0.2, 0) is 5.54 Å². The number of hydrogen-bond acceptors (Lipinski definition) is 5. The molecule has 174 valence electrons. The molecule has 1 aromatic carbocycles. The number of nitrogens with two attached hydrogens (primary N) is 1. The number of allylic oxidation sites excluding steroid dienone is 3. The van der Waals surface area contributed by atoms with Crippen molar-refractivity contribution in [1.82, 2.24) is 15.2 Å². The lowest BCUT2D eigenvalue weighted by Gasteiger charge is -2.37. The Labute approximate surface area is 193 Å². The highest BCUT2D eigenvalue weighted by molar-refractivity contribution is 5.61. The molecule has 1 saturated carbocycles. The maximum atomic E-state index is 14.6. The van der Waals surface area contributed by atoms with Crippen LogP contribution in [0.3, 0.4) is 0 Å². The molecule has 4 N–H and O–H groups in total. The molecule has 1 aliphatic carbocycles. The van der Waals surface area contributed by atoms with Crippen LogP contribution in [0.15, 0.2) is 72.6 Å². The van der Waals surface area contributed by atoms with Crippen molar-refractivity contribution in [1.29, 1.82) is 0 Å². The predicted octanol–water partition coefficient (Wildman–Crippen LogP) is 3.97. The number of rotatable bonds is 7. The Morgan fingerprint density at radius 2 is 1.97 bits per heavy atom. The van der Waals surface area contributed by atoms with Gasteiger partial charge in [0, 0.05) is 24.7 Å². The smallest absolute Gasteiger partial charge is 0.149 e. The molecular weight excluding hydrogens is 422 g/mol. The van der Waals surface area contributed by atoms with Crippen molar-refractivity contribution in [2.75, 3.05) is 13.1 Å². The molecule has 5 nitrogen and oxygen atoms in total. The van der Waals surface area contributed by atoms with Gasteiger partial charge in [0.15, 0.2) is 0 Å². The summed E-state index contributed by atoms with van der Waals surface area (Å²) in [6.07, 6.45) is 7.29. The van der Waals surface area contributed by atoms with Crippen LogP contribution in [0.2, 0.25) is 0 Å². The van der Waals surface area contributed by atoms with E-state index in [1.165, 1.54) is 18.2 Å². The molecule has 2 aliphatic rings. The zero-order chi connectivity index (χ0) is 23.6. The molecule has 33 heavy (non-hydrogen) atoms.